The molecule has 1 aliphatic rings. The Morgan fingerprint density at radius 2 is 2.25 bits per heavy atom. The molecule has 1 amide bonds. The molecular weight excluding hydrogens is 341 g/mol. The van der Waals surface area contributed by atoms with E-state index in [1.54, 1.807) is 16.0 Å². The predicted molar refractivity (Wildman–Crippen MR) is 83.3 cm³/mol. The van der Waals surface area contributed by atoms with Crippen molar-refractivity contribution >= 4 is 17.2 Å². The summed E-state index contributed by atoms with van der Waals surface area (Å²) in [6.07, 6.45) is -2.43. The van der Waals surface area contributed by atoms with Crippen LogP contribution in [-0.2, 0) is 11.3 Å². The number of carbonyl (C=O) groups is 1. The Morgan fingerprint density at radius 3 is 2.96 bits per heavy atom. The van der Waals surface area contributed by atoms with E-state index >= 15 is 0 Å². The number of hydrogen-bond acceptors (Lipinski definition) is 4. The molecule has 24 heavy (non-hydrogen) atoms. The summed E-state index contributed by atoms with van der Waals surface area (Å²) >= 11 is 1.57. The highest BCUT2D eigenvalue weighted by Gasteiger charge is 2.35. The van der Waals surface area contributed by atoms with Gasteiger partial charge in [-0.1, -0.05) is 5.21 Å². The van der Waals surface area contributed by atoms with Gasteiger partial charge in [-0.25, -0.2) is 0 Å². The molecule has 9 heteroatoms. The molecule has 0 saturated carbocycles. The maximum Gasteiger partial charge on any atom is 0.397 e. The van der Waals surface area contributed by atoms with Crippen LogP contribution in [0.25, 0.3) is 11.3 Å². The molecule has 3 heterocycles. The summed E-state index contributed by atoms with van der Waals surface area (Å²) in [5.41, 5.74) is 1.77. The van der Waals surface area contributed by atoms with Gasteiger partial charge in [-0.05, 0) is 30.2 Å². The SMILES string of the molecule is O=C(CC(F)(F)F)N1CCC[C@H](Cn2cc(-c3ccsc3)nn2)C1. The zero-order valence-electron chi connectivity index (χ0n) is 12.9. The number of aromatic nitrogens is 3. The van der Waals surface area contributed by atoms with Crippen LogP contribution in [0.5, 0.6) is 0 Å². The number of alkyl halides is 3. The summed E-state index contributed by atoms with van der Waals surface area (Å²) in [6.45, 7) is 1.28. The third-order valence-electron chi connectivity index (χ3n) is 4.02. The van der Waals surface area contributed by atoms with E-state index in [4.69, 9.17) is 0 Å². The summed E-state index contributed by atoms with van der Waals surface area (Å²) in [6, 6.07) is 1.96. The first-order valence-corrected chi connectivity index (χ1v) is 8.62. The quantitative estimate of drug-likeness (QED) is 0.843. The molecule has 0 unspecified atom stereocenters. The Balaban J connectivity index is 1.58. The Hall–Kier alpha value is -1.90. The lowest BCUT2D eigenvalue weighted by atomic mass is 9.97. The van der Waals surface area contributed by atoms with Crippen molar-refractivity contribution in [1.82, 2.24) is 19.9 Å². The van der Waals surface area contributed by atoms with Gasteiger partial charge in [0.25, 0.3) is 0 Å². The van der Waals surface area contributed by atoms with Crippen LogP contribution in [0.3, 0.4) is 0 Å². The molecule has 130 valence electrons. The van der Waals surface area contributed by atoms with Crippen LogP contribution >= 0.6 is 11.3 Å². The average molecular weight is 358 g/mol. The summed E-state index contributed by atoms with van der Waals surface area (Å²) in [5, 5.41) is 12.1. The maximum absolute atomic E-state index is 12.4. The Morgan fingerprint density at radius 1 is 1.42 bits per heavy atom. The summed E-state index contributed by atoms with van der Waals surface area (Å²) in [4.78, 5) is 13.1. The van der Waals surface area contributed by atoms with E-state index < -0.39 is 18.5 Å². The van der Waals surface area contributed by atoms with Crippen molar-refractivity contribution in [3.05, 3.63) is 23.0 Å². The van der Waals surface area contributed by atoms with Crippen molar-refractivity contribution in [2.24, 2.45) is 5.92 Å². The second-order valence-corrected chi connectivity index (χ2v) is 6.76. The number of carbonyl (C=O) groups excluding carboxylic acids is 1. The minimum Gasteiger partial charge on any atom is -0.342 e. The fourth-order valence-electron chi connectivity index (χ4n) is 2.92. The fourth-order valence-corrected chi connectivity index (χ4v) is 3.57. The van der Waals surface area contributed by atoms with Crippen LogP contribution in [0.2, 0.25) is 0 Å². The first kappa shape index (κ1) is 16.9. The number of rotatable bonds is 4. The number of nitrogens with zero attached hydrogens (tertiary/aromatic N) is 4. The number of piperidine rings is 1. The van der Waals surface area contributed by atoms with E-state index in [0.29, 0.717) is 26.1 Å². The largest absolute Gasteiger partial charge is 0.397 e. The lowest BCUT2D eigenvalue weighted by Gasteiger charge is -2.32. The first-order chi connectivity index (χ1) is 11.4. The predicted octanol–water partition coefficient (Wildman–Crippen LogP) is 3.20. The topological polar surface area (TPSA) is 51.0 Å². The number of amides is 1. The molecule has 5 nitrogen and oxygen atoms in total. The molecule has 1 fully saturated rings. The molecule has 3 rings (SSSR count). The molecule has 0 radical (unpaired) electrons. The smallest absolute Gasteiger partial charge is 0.342 e. The van der Waals surface area contributed by atoms with Crippen LogP contribution in [0.1, 0.15) is 19.3 Å². The normalized spacial score (nSPS) is 18.8. The van der Waals surface area contributed by atoms with E-state index in [-0.39, 0.29) is 5.92 Å². The minimum absolute atomic E-state index is 0.0907. The molecule has 0 aromatic carbocycles. The van der Waals surface area contributed by atoms with Crippen molar-refractivity contribution in [2.45, 2.75) is 32.0 Å². The number of hydrogen-bond donors (Lipinski definition) is 0. The Labute approximate surface area is 141 Å². The van der Waals surface area contributed by atoms with Crippen molar-refractivity contribution in [1.29, 1.82) is 0 Å². The highest BCUT2D eigenvalue weighted by molar-refractivity contribution is 7.08. The Bertz CT molecular complexity index is 683. The summed E-state index contributed by atoms with van der Waals surface area (Å²) in [5.74, 6) is -0.752. The molecule has 0 aliphatic carbocycles. The summed E-state index contributed by atoms with van der Waals surface area (Å²) in [7, 11) is 0. The molecule has 0 bridgehead atoms. The molecule has 1 aliphatic heterocycles. The standard InChI is InChI=1S/C15H17F3N4OS/c16-15(17,18)6-14(23)21-4-1-2-11(7-21)8-22-9-13(19-20-22)12-3-5-24-10-12/h3,5,9-11H,1-2,4,6-8H2/t11-/m0/s1. The van der Waals surface area contributed by atoms with E-state index in [9.17, 15) is 18.0 Å². The minimum atomic E-state index is -4.45. The molecule has 1 atom stereocenters. The Kier molecular flexibility index (Phi) is 4.88. The van der Waals surface area contributed by atoms with Gasteiger partial charge in [0.2, 0.25) is 5.91 Å². The highest BCUT2D eigenvalue weighted by atomic mass is 32.1. The van der Waals surface area contributed by atoms with E-state index in [1.807, 2.05) is 23.0 Å². The van der Waals surface area contributed by atoms with Crippen LogP contribution in [0.4, 0.5) is 13.2 Å². The fraction of sp³-hybridized carbons (Fsp3) is 0.533. The molecular formula is C15H17F3N4OS. The number of likely N-dealkylation sites (tertiary alicyclic amines) is 1. The molecule has 2 aromatic rings. The van der Waals surface area contributed by atoms with Crippen molar-refractivity contribution in [2.75, 3.05) is 13.1 Å². The highest BCUT2D eigenvalue weighted by Crippen LogP contribution is 2.25. The third kappa shape index (κ3) is 4.34. The first-order valence-electron chi connectivity index (χ1n) is 7.68. The van der Waals surface area contributed by atoms with E-state index in [0.717, 1.165) is 17.7 Å². The number of halogens is 3. The lowest BCUT2D eigenvalue weighted by molar-refractivity contribution is -0.162. The average Bonchev–Trinajstić information content (AvgIpc) is 3.16. The van der Waals surface area contributed by atoms with Gasteiger partial charge in [0.15, 0.2) is 0 Å². The third-order valence-corrected chi connectivity index (χ3v) is 4.71. The molecule has 1 saturated heterocycles. The van der Waals surface area contributed by atoms with Gasteiger partial charge >= 0.3 is 6.18 Å². The molecule has 0 spiro atoms. The lowest BCUT2D eigenvalue weighted by Crippen LogP contribution is -2.42. The zero-order chi connectivity index (χ0) is 17.2. The summed E-state index contributed by atoms with van der Waals surface area (Å²) < 4.78 is 38.8. The molecule has 2 aromatic heterocycles. The monoisotopic (exact) mass is 358 g/mol. The van der Waals surface area contributed by atoms with Crippen LogP contribution < -0.4 is 0 Å². The van der Waals surface area contributed by atoms with Crippen molar-refractivity contribution in [3.63, 3.8) is 0 Å². The van der Waals surface area contributed by atoms with E-state index in [2.05, 4.69) is 10.3 Å². The van der Waals surface area contributed by atoms with E-state index in [1.165, 1.54) is 4.90 Å². The second kappa shape index (κ2) is 6.92. The van der Waals surface area contributed by atoms with Crippen LogP contribution in [-0.4, -0.2) is 45.1 Å². The van der Waals surface area contributed by atoms with Gasteiger partial charge in [0.05, 0.1) is 6.20 Å². The van der Waals surface area contributed by atoms with Gasteiger partial charge in [-0.2, -0.15) is 24.5 Å². The van der Waals surface area contributed by atoms with Crippen LogP contribution in [0.15, 0.2) is 23.0 Å². The van der Waals surface area contributed by atoms with Gasteiger partial charge in [0.1, 0.15) is 12.1 Å². The van der Waals surface area contributed by atoms with Crippen LogP contribution in [0, 0.1) is 5.92 Å². The zero-order valence-corrected chi connectivity index (χ0v) is 13.7. The van der Waals surface area contributed by atoms with Crippen molar-refractivity contribution in [3.8, 4) is 11.3 Å². The second-order valence-electron chi connectivity index (χ2n) is 5.98. The molecule has 0 N–H and O–H groups in total. The van der Waals surface area contributed by atoms with Gasteiger partial charge < -0.3 is 4.90 Å². The van der Waals surface area contributed by atoms with Gasteiger partial charge in [-0.3, -0.25) is 9.48 Å². The van der Waals surface area contributed by atoms with Gasteiger partial charge in [0, 0.05) is 30.6 Å². The number of thiophene rings is 1. The maximum atomic E-state index is 12.4. The van der Waals surface area contributed by atoms with Gasteiger partial charge in [-0.15, -0.1) is 5.10 Å². The van der Waals surface area contributed by atoms with Crippen molar-refractivity contribution < 1.29 is 18.0 Å².